The number of aromatic nitrogens is 1. The number of rotatable bonds is 6. The van der Waals surface area contributed by atoms with Crippen molar-refractivity contribution in [1.82, 2.24) is 14.6 Å². The van der Waals surface area contributed by atoms with Crippen LogP contribution in [0.4, 0.5) is 5.69 Å². The Morgan fingerprint density at radius 2 is 2.35 bits per heavy atom. The van der Waals surface area contributed by atoms with Gasteiger partial charge < -0.3 is 5.32 Å². The minimum Gasteiger partial charge on any atom is -0.317 e. The van der Waals surface area contributed by atoms with E-state index in [0.717, 1.165) is 25.9 Å². The standard InChI is InChI=1S/C13H22N4O2S/c1-2-14-9-12-5-4-8-17(11-12)20(18,19)16-13-6-3-7-15-10-13/h3,6-7,10,12,14,16H,2,4-5,8-9,11H2,1H3. The summed E-state index contributed by atoms with van der Waals surface area (Å²) in [7, 11) is -3.48. The first-order chi connectivity index (χ1) is 9.62. The van der Waals surface area contributed by atoms with E-state index in [2.05, 4.69) is 21.9 Å². The number of anilines is 1. The highest BCUT2D eigenvalue weighted by atomic mass is 32.2. The molecule has 7 heteroatoms. The molecular formula is C13H22N4O2S. The quantitative estimate of drug-likeness (QED) is 0.823. The van der Waals surface area contributed by atoms with Gasteiger partial charge in [0.25, 0.3) is 0 Å². The van der Waals surface area contributed by atoms with Gasteiger partial charge in [-0.05, 0) is 44.0 Å². The van der Waals surface area contributed by atoms with E-state index in [4.69, 9.17) is 0 Å². The van der Waals surface area contributed by atoms with E-state index in [1.54, 1.807) is 18.3 Å². The van der Waals surface area contributed by atoms with Crippen molar-refractivity contribution in [2.45, 2.75) is 19.8 Å². The normalized spacial score (nSPS) is 20.8. The van der Waals surface area contributed by atoms with E-state index >= 15 is 0 Å². The van der Waals surface area contributed by atoms with Crippen LogP contribution in [0.15, 0.2) is 24.5 Å². The maximum absolute atomic E-state index is 12.3. The predicted octanol–water partition coefficient (Wildman–Crippen LogP) is 1.06. The van der Waals surface area contributed by atoms with Gasteiger partial charge in [-0.15, -0.1) is 0 Å². The molecule has 0 aliphatic carbocycles. The van der Waals surface area contributed by atoms with Crippen molar-refractivity contribution in [2.75, 3.05) is 30.9 Å². The van der Waals surface area contributed by atoms with Gasteiger partial charge in [0.1, 0.15) is 0 Å². The smallest absolute Gasteiger partial charge is 0.301 e. The molecule has 6 nitrogen and oxygen atoms in total. The van der Waals surface area contributed by atoms with Crippen LogP contribution in [-0.2, 0) is 10.2 Å². The van der Waals surface area contributed by atoms with Crippen LogP contribution in [0.5, 0.6) is 0 Å². The van der Waals surface area contributed by atoms with Crippen LogP contribution in [0.3, 0.4) is 0 Å². The zero-order valence-corrected chi connectivity index (χ0v) is 12.6. The van der Waals surface area contributed by atoms with Crippen LogP contribution in [0, 0.1) is 5.92 Å². The lowest BCUT2D eigenvalue weighted by atomic mass is 10.00. The van der Waals surface area contributed by atoms with Gasteiger partial charge in [0.2, 0.25) is 0 Å². The minimum absolute atomic E-state index is 0.383. The second-order valence-electron chi connectivity index (χ2n) is 5.02. The topological polar surface area (TPSA) is 74.3 Å². The zero-order valence-electron chi connectivity index (χ0n) is 11.7. The Labute approximate surface area is 120 Å². The van der Waals surface area contributed by atoms with Crippen molar-refractivity contribution in [1.29, 1.82) is 0 Å². The molecule has 0 aromatic carbocycles. The molecule has 2 heterocycles. The first kappa shape index (κ1) is 15.2. The number of hydrogen-bond acceptors (Lipinski definition) is 4. The van der Waals surface area contributed by atoms with Gasteiger partial charge in [-0.3, -0.25) is 9.71 Å². The van der Waals surface area contributed by atoms with Crippen LogP contribution < -0.4 is 10.0 Å². The molecule has 112 valence electrons. The summed E-state index contributed by atoms with van der Waals surface area (Å²) >= 11 is 0. The van der Waals surface area contributed by atoms with Crippen molar-refractivity contribution in [3.63, 3.8) is 0 Å². The Morgan fingerprint density at radius 3 is 3.05 bits per heavy atom. The maximum Gasteiger partial charge on any atom is 0.301 e. The van der Waals surface area contributed by atoms with Gasteiger partial charge in [-0.2, -0.15) is 12.7 Å². The summed E-state index contributed by atoms with van der Waals surface area (Å²) in [4.78, 5) is 3.91. The second kappa shape index (κ2) is 7.01. The molecule has 0 bridgehead atoms. The molecule has 0 spiro atoms. The molecule has 0 saturated carbocycles. The van der Waals surface area contributed by atoms with Crippen molar-refractivity contribution in [3.8, 4) is 0 Å². The molecule has 1 fully saturated rings. The number of piperidine rings is 1. The summed E-state index contributed by atoms with van der Waals surface area (Å²) < 4.78 is 28.8. The lowest BCUT2D eigenvalue weighted by molar-refractivity contribution is 0.262. The van der Waals surface area contributed by atoms with Crippen LogP contribution in [0.2, 0.25) is 0 Å². The molecule has 0 amide bonds. The van der Waals surface area contributed by atoms with Crippen LogP contribution in [0.1, 0.15) is 19.8 Å². The Morgan fingerprint density at radius 1 is 1.50 bits per heavy atom. The summed E-state index contributed by atoms with van der Waals surface area (Å²) in [6.07, 6.45) is 5.11. The van der Waals surface area contributed by atoms with Gasteiger partial charge in [0.15, 0.2) is 0 Å². The van der Waals surface area contributed by atoms with Crippen molar-refractivity contribution >= 4 is 15.9 Å². The van der Waals surface area contributed by atoms with Crippen LogP contribution in [0.25, 0.3) is 0 Å². The third kappa shape index (κ3) is 4.16. The number of hydrogen-bond donors (Lipinski definition) is 2. The second-order valence-corrected chi connectivity index (χ2v) is 6.69. The Bertz CT molecular complexity index is 506. The molecule has 1 aliphatic rings. The molecule has 2 N–H and O–H groups in total. The summed E-state index contributed by atoms with van der Waals surface area (Å²) in [5.41, 5.74) is 0.501. The predicted molar refractivity (Wildman–Crippen MR) is 79.6 cm³/mol. The Balaban J connectivity index is 1.98. The van der Waals surface area contributed by atoms with Crippen molar-refractivity contribution < 1.29 is 8.42 Å². The number of nitrogens with one attached hydrogen (secondary N) is 2. The average molecular weight is 298 g/mol. The Kier molecular flexibility index (Phi) is 5.33. The SMILES string of the molecule is CCNCC1CCCN(S(=O)(=O)Nc2cccnc2)C1. The molecule has 2 rings (SSSR count). The summed E-state index contributed by atoms with van der Waals surface area (Å²) in [6.45, 7) is 4.99. The molecule has 1 unspecified atom stereocenters. The lowest BCUT2D eigenvalue weighted by Gasteiger charge is -2.32. The number of pyridine rings is 1. The molecule has 20 heavy (non-hydrogen) atoms. The highest BCUT2D eigenvalue weighted by Gasteiger charge is 2.28. The van der Waals surface area contributed by atoms with Crippen LogP contribution >= 0.6 is 0 Å². The first-order valence-corrected chi connectivity index (χ1v) is 8.44. The van der Waals surface area contributed by atoms with E-state index in [-0.39, 0.29) is 0 Å². The average Bonchev–Trinajstić information content (AvgIpc) is 2.46. The monoisotopic (exact) mass is 298 g/mol. The van der Waals surface area contributed by atoms with Gasteiger partial charge in [0.05, 0.1) is 11.9 Å². The molecule has 1 atom stereocenters. The van der Waals surface area contributed by atoms with Gasteiger partial charge in [-0.1, -0.05) is 6.92 Å². The fraction of sp³-hybridized carbons (Fsp3) is 0.615. The van der Waals surface area contributed by atoms with Gasteiger partial charge in [0, 0.05) is 19.3 Å². The van der Waals surface area contributed by atoms with E-state index in [1.807, 2.05) is 0 Å². The Hall–Kier alpha value is -1.18. The van der Waals surface area contributed by atoms with Crippen molar-refractivity contribution in [3.05, 3.63) is 24.5 Å². The van der Waals surface area contributed by atoms with Gasteiger partial charge >= 0.3 is 10.2 Å². The molecule has 1 aliphatic heterocycles. The molecule has 0 radical (unpaired) electrons. The van der Waals surface area contributed by atoms with Crippen molar-refractivity contribution in [2.24, 2.45) is 5.92 Å². The maximum atomic E-state index is 12.3. The lowest BCUT2D eigenvalue weighted by Crippen LogP contribution is -2.45. The van der Waals surface area contributed by atoms with Gasteiger partial charge in [-0.25, -0.2) is 0 Å². The zero-order chi connectivity index (χ0) is 14.4. The highest BCUT2D eigenvalue weighted by Crippen LogP contribution is 2.20. The van der Waals surface area contributed by atoms with E-state index in [0.29, 0.717) is 24.7 Å². The largest absolute Gasteiger partial charge is 0.317 e. The highest BCUT2D eigenvalue weighted by molar-refractivity contribution is 7.90. The summed E-state index contributed by atoms with van der Waals surface area (Å²) in [5, 5.41) is 3.29. The first-order valence-electron chi connectivity index (χ1n) is 7.00. The third-order valence-electron chi connectivity index (χ3n) is 3.41. The van der Waals surface area contributed by atoms with Crippen LogP contribution in [-0.4, -0.2) is 43.9 Å². The summed E-state index contributed by atoms with van der Waals surface area (Å²) in [5.74, 6) is 0.383. The minimum atomic E-state index is -3.48. The van der Waals surface area contributed by atoms with E-state index in [9.17, 15) is 8.42 Å². The molecule has 1 saturated heterocycles. The fourth-order valence-corrected chi connectivity index (χ4v) is 3.72. The fourth-order valence-electron chi connectivity index (χ4n) is 2.40. The third-order valence-corrected chi connectivity index (χ3v) is 4.92. The number of nitrogens with zero attached hydrogens (tertiary/aromatic N) is 2. The summed E-state index contributed by atoms with van der Waals surface area (Å²) in [6, 6.07) is 3.41. The van der Waals surface area contributed by atoms with E-state index in [1.165, 1.54) is 10.5 Å². The molecule has 1 aromatic rings. The van der Waals surface area contributed by atoms with E-state index < -0.39 is 10.2 Å². The molecule has 1 aromatic heterocycles. The molecular weight excluding hydrogens is 276 g/mol.